The van der Waals surface area contributed by atoms with Crippen LogP contribution in [0.4, 0.5) is 4.39 Å². The van der Waals surface area contributed by atoms with E-state index in [2.05, 4.69) is 15.4 Å². The van der Waals surface area contributed by atoms with Crippen molar-refractivity contribution in [2.45, 2.75) is 12.6 Å². The van der Waals surface area contributed by atoms with Gasteiger partial charge in [-0.25, -0.2) is 14.1 Å². The number of rotatable bonds is 6. The van der Waals surface area contributed by atoms with Crippen LogP contribution in [0, 0.1) is 5.82 Å². The number of imidazole rings is 1. The van der Waals surface area contributed by atoms with Gasteiger partial charge in [-0.1, -0.05) is 42.5 Å². The first-order valence-electron chi connectivity index (χ1n) is 10.2. The van der Waals surface area contributed by atoms with E-state index in [9.17, 15) is 9.18 Å². The quantitative estimate of drug-likeness (QED) is 0.435. The van der Waals surface area contributed by atoms with Crippen molar-refractivity contribution in [3.8, 4) is 5.69 Å². The Labute approximate surface area is 184 Å². The van der Waals surface area contributed by atoms with Gasteiger partial charge in [0.05, 0.1) is 29.1 Å². The fourth-order valence-corrected chi connectivity index (χ4v) is 3.68. The number of amides is 1. The molecule has 5 aromatic rings. The zero-order valence-electron chi connectivity index (χ0n) is 17.1. The maximum atomic E-state index is 13.5. The Morgan fingerprint density at radius 2 is 1.69 bits per heavy atom. The Kier molecular flexibility index (Phi) is 5.21. The van der Waals surface area contributed by atoms with E-state index in [1.807, 2.05) is 59.2 Å². The van der Waals surface area contributed by atoms with Crippen molar-refractivity contribution in [1.82, 2.24) is 24.6 Å². The second kappa shape index (κ2) is 8.47. The van der Waals surface area contributed by atoms with Crippen molar-refractivity contribution >= 4 is 16.9 Å². The number of fused-ring (bicyclic) bond motifs is 1. The third-order valence-electron chi connectivity index (χ3n) is 5.33. The Morgan fingerprint density at radius 1 is 0.938 bits per heavy atom. The minimum absolute atomic E-state index is 0.302. The smallest absolute Gasteiger partial charge is 0.272 e. The summed E-state index contributed by atoms with van der Waals surface area (Å²) in [4.78, 5) is 17.5. The molecule has 0 radical (unpaired) electrons. The molecule has 0 aliphatic carbocycles. The summed E-state index contributed by atoms with van der Waals surface area (Å²) in [7, 11) is 0. The van der Waals surface area contributed by atoms with Crippen LogP contribution in [-0.4, -0.2) is 25.2 Å². The van der Waals surface area contributed by atoms with Crippen LogP contribution in [0.25, 0.3) is 16.7 Å². The van der Waals surface area contributed by atoms with Crippen LogP contribution in [0.5, 0.6) is 0 Å². The Hall–Kier alpha value is -4.26. The molecule has 3 aromatic carbocycles. The van der Waals surface area contributed by atoms with Gasteiger partial charge in [0.15, 0.2) is 5.69 Å². The Balaban J connectivity index is 1.42. The van der Waals surface area contributed by atoms with Crippen molar-refractivity contribution in [3.05, 3.63) is 115 Å². The van der Waals surface area contributed by atoms with Gasteiger partial charge in [-0.2, -0.15) is 5.10 Å². The van der Waals surface area contributed by atoms with Crippen LogP contribution in [0.15, 0.2) is 97.5 Å². The summed E-state index contributed by atoms with van der Waals surface area (Å²) in [6.07, 6.45) is 3.50. The summed E-state index contributed by atoms with van der Waals surface area (Å²) in [5.41, 5.74) is 3.79. The summed E-state index contributed by atoms with van der Waals surface area (Å²) in [6, 6.07) is 24.8. The van der Waals surface area contributed by atoms with Crippen LogP contribution in [0.1, 0.15) is 22.1 Å². The van der Waals surface area contributed by atoms with E-state index in [-0.39, 0.29) is 11.7 Å². The third-order valence-corrected chi connectivity index (χ3v) is 5.33. The second-order valence-corrected chi connectivity index (χ2v) is 7.44. The van der Waals surface area contributed by atoms with Crippen molar-refractivity contribution in [2.24, 2.45) is 0 Å². The van der Waals surface area contributed by atoms with Gasteiger partial charge >= 0.3 is 0 Å². The zero-order valence-corrected chi connectivity index (χ0v) is 17.1. The van der Waals surface area contributed by atoms with Gasteiger partial charge in [0.1, 0.15) is 5.82 Å². The molecule has 0 aliphatic rings. The molecule has 158 valence electrons. The van der Waals surface area contributed by atoms with E-state index >= 15 is 0 Å². The maximum absolute atomic E-state index is 13.5. The van der Waals surface area contributed by atoms with E-state index in [0.29, 0.717) is 12.2 Å². The number of halogens is 1. The summed E-state index contributed by atoms with van der Waals surface area (Å²) >= 11 is 0. The molecular weight excluding hydrogens is 405 g/mol. The van der Waals surface area contributed by atoms with Crippen LogP contribution in [0.2, 0.25) is 0 Å². The molecule has 7 heteroatoms. The number of carbonyl (C=O) groups excluding carboxylic acids is 1. The first kappa shape index (κ1) is 19.7. The summed E-state index contributed by atoms with van der Waals surface area (Å²) in [5, 5.41) is 7.46. The summed E-state index contributed by atoms with van der Waals surface area (Å²) in [5.74, 6) is -0.632. The first-order valence-corrected chi connectivity index (χ1v) is 10.2. The number of hydrogen-bond donors (Lipinski definition) is 1. The molecule has 1 atom stereocenters. The molecule has 0 bridgehead atoms. The molecule has 1 unspecified atom stereocenters. The number of carbonyl (C=O) groups is 1. The SMILES string of the molecule is O=C(NC(Cn1cnc2ccccc21)c1ccc(F)cc1)c1ccn(-c2ccccc2)n1. The number of aromatic nitrogens is 4. The molecule has 1 amide bonds. The van der Waals surface area contributed by atoms with Crippen molar-refractivity contribution < 1.29 is 9.18 Å². The molecule has 0 spiro atoms. The predicted molar refractivity (Wildman–Crippen MR) is 120 cm³/mol. The summed E-state index contributed by atoms with van der Waals surface area (Å²) in [6.45, 7) is 0.442. The lowest BCUT2D eigenvalue weighted by molar-refractivity contribution is 0.0927. The van der Waals surface area contributed by atoms with Gasteiger partial charge in [0, 0.05) is 12.7 Å². The van der Waals surface area contributed by atoms with Crippen LogP contribution >= 0.6 is 0 Å². The average molecular weight is 425 g/mol. The lowest BCUT2D eigenvalue weighted by atomic mass is 10.1. The van der Waals surface area contributed by atoms with Crippen molar-refractivity contribution in [2.75, 3.05) is 0 Å². The fourth-order valence-electron chi connectivity index (χ4n) is 3.68. The number of hydrogen-bond acceptors (Lipinski definition) is 3. The van der Waals surface area contributed by atoms with E-state index < -0.39 is 6.04 Å². The molecule has 1 N–H and O–H groups in total. The lowest BCUT2D eigenvalue weighted by Gasteiger charge is -2.20. The predicted octanol–water partition coefficient (Wildman–Crippen LogP) is 4.53. The monoisotopic (exact) mass is 425 g/mol. The number of nitrogens with one attached hydrogen (secondary N) is 1. The Bertz CT molecular complexity index is 1360. The summed E-state index contributed by atoms with van der Waals surface area (Å²) < 4.78 is 17.1. The number of benzene rings is 3. The standard InChI is InChI=1S/C25H20FN5O/c26-19-12-10-18(11-13-19)23(16-30-17-27-21-8-4-5-9-24(21)30)28-25(32)22-14-15-31(29-22)20-6-2-1-3-7-20/h1-15,17,23H,16H2,(H,28,32). The third kappa shape index (κ3) is 4.00. The van der Waals surface area contributed by atoms with Crippen LogP contribution in [0.3, 0.4) is 0 Å². The minimum Gasteiger partial charge on any atom is -0.342 e. The van der Waals surface area contributed by atoms with E-state index in [1.54, 1.807) is 35.4 Å². The molecule has 5 rings (SSSR count). The molecule has 0 saturated heterocycles. The van der Waals surface area contributed by atoms with Crippen LogP contribution in [-0.2, 0) is 6.54 Å². The van der Waals surface area contributed by atoms with Gasteiger partial charge in [-0.15, -0.1) is 0 Å². The topological polar surface area (TPSA) is 64.7 Å². The largest absolute Gasteiger partial charge is 0.342 e. The van der Waals surface area contributed by atoms with E-state index in [1.165, 1.54) is 12.1 Å². The molecule has 0 saturated carbocycles. The molecular formula is C25H20FN5O. The zero-order chi connectivity index (χ0) is 21.9. The first-order chi connectivity index (χ1) is 15.7. The highest BCUT2D eigenvalue weighted by Crippen LogP contribution is 2.20. The van der Waals surface area contributed by atoms with Gasteiger partial charge in [0.25, 0.3) is 5.91 Å². The average Bonchev–Trinajstić information content (AvgIpc) is 3.48. The lowest BCUT2D eigenvalue weighted by Crippen LogP contribution is -2.31. The van der Waals surface area contributed by atoms with E-state index in [0.717, 1.165) is 22.3 Å². The van der Waals surface area contributed by atoms with E-state index in [4.69, 9.17) is 0 Å². The van der Waals surface area contributed by atoms with Crippen molar-refractivity contribution in [3.63, 3.8) is 0 Å². The second-order valence-electron chi connectivity index (χ2n) is 7.44. The van der Waals surface area contributed by atoms with Gasteiger partial charge < -0.3 is 9.88 Å². The molecule has 6 nitrogen and oxygen atoms in total. The van der Waals surface area contributed by atoms with Gasteiger partial charge in [0.2, 0.25) is 0 Å². The van der Waals surface area contributed by atoms with Crippen molar-refractivity contribution in [1.29, 1.82) is 0 Å². The molecule has 0 fully saturated rings. The molecule has 0 aliphatic heterocycles. The molecule has 32 heavy (non-hydrogen) atoms. The fraction of sp³-hybridized carbons (Fsp3) is 0.0800. The van der Waals surface area contributed by atoms with Crippen LogP contribution < -0.4 is 5.32 Å². The highest BCUT2D eigenvalue weighted by Gasteiger charge is 2.19. The van der Waals surface area contributed by atoms with Gasteiger partial charge in [-0.3, -0.25) is 4.79 Å². The molecule has 2 heterocycles. The Morgan fingerprint density at radius 3 is 2.50 bits per heavy atom. The molecule has 2 aromatic heterocycles. The van der Waals surface area contributed by atoms with Gasteiger partial charge in [-0.05, 0) is 48.0 Å². The maximum Gasteiger partial charge on any atom is 0.272 e. The normalized spacial score (nSPS) is 12.0. The number of para-hydroxylation sites is 3. The number of nitrogens with zero attached hydrogens (tertiary/aromatic N) is 4. The highest BCUT2D eigenvalue weighted by molar-refractivity contribution is 5.92. The minimum atomic E-state index is -0.400. The highest BCUT2D eigenvalue weighted by atomic mass is 19.1.